The summed E-state index contributed by atoms with van der Waals surface area (Å²) in [6.07, 6.45) is 0.818. The van der Waals surface area contributed by atoms with Crippen LogP contribution in [0.25, 0.3) is 0 Å². The van der Waals surface area contributed by atoms with Gasteiger partial charge in [-0.05, 0) is 47.2 Å². The summed E-state index contributed by atoms with van der Waals surface area (Å²) in [4.78, 5) is 13.9. The second-order valence-electron chi connectivity index (χ2n) is 4.38. The molecule has 0 radical (unpaired) electrons. The Morgan fingerprint density at radius 2 is 2.10 bits per heavy atom. The molecule has 106 valence electrons. The molecule has 0 aliphatic rings. The van der Waals surface area contributed by atoms with Crippen LogP contribution in [0.4, 0.5) is 0 Å². The molecule has 0 fully saturated rings. The fourth-order valence-corrected chi connectivity index (χ4v) is 3.07. The van der Waals surface area contributed by atoms with E-state index in [1.807, 2.05) is 48.8 Å². The first-order valence-corrected chi connectivity index (χ1v) is 8.30. The van der Waals surface area contributed by atoms with Gasteiger partial charge in [-0.3, -0.25) is 4.79 Å². The van der Waals surface area contributed by atoms with E-state index in [2.05, 4.69) is 22.6 Å². The van der Waals surface area contributed by atoms with Crippen molar-refractivity contribution in [3.05, 3.63) is 50.2 Å². The summed E-state index contributed by atoms with van der Waals surface area (Å²) in [5, 5.41) is 1.90. The van der Waals surface area contributed by atoms with Crippen molar-refractivity contribution in [3.8, 4) is 5.75 Å². The molecule has 1 amide bonds. The van der Waals surface area contributed by atoms with Gasteiger partial charge in [0.25, 0.3) is 5.91 Å². The zero-order chi connectivity index (χ0) is 14.4. The molecule has 0 saturated heterocycles. The van der Waals surface area contributed by atoms with Crippen molar-refractivity contribution in [2.24, 2.45) is 0 Å². The molecule has 1 aromatic carbocycles. The number of para-hydroxylation sites is 1. The Balaban J connectivity index is 1.72. The molecular weight excluding hydrogens is 385 g/mol. The summed E-state index contributed by atoms with van der Waals surface area (Å²) >= 11 is 3.82. The van der Waals surface area contributed by atoms with Gasteiger partial charge in [0.05, 0.1) is 15.1 Å². The van der Waals surface area contributed by atoms with Gasteiger partial charge in [-0.1, -0.05) is 18.2 Å². The minimum absolute atomic E-state index is 0.0730. The van der Waals surface area contributed by atoms with Gasteiger partial charge in [-0.25, -0.2) is 0 Å². The zero-order valence-electron chi connectivity index (χ0n) is 11.2. The van der Waals surface area contributed by atoms with Crippen molar-refractivity contribution in [1.29, 1.82) is 0 Å². The molecule has 3 nitrogen and oxygen atoms in total. The summed E-state index contributed by atoms with van der Waals surface area (Å²) in [5.74, 6) is 0.942. The van der Waals surface area contributed by atoms with E-state index in [0.717, 1.165) is 20.6 Å². The van der Waals surface area contributed by atoms with Crippen molar-refractivity contribution in [2.45, 2.75) is 6.42 Å². The van der Waals surface area contributed by atoms with Gasteiger partial charge in [-0.2, -0.15) is 0 Å². The van der Waals surface area contributed by atoms with Crippen molar-refractivity contribution in [1.82, 2.24) is 4.90 Å². The molecular formula is C15H16INO2S. The molecule has 0 N–H and O–H groups in total. The van der Waals surface area contributed by atoms with Crippen molar-refractivity contribution < 1.29 is 9.53 Å². The van der Waals surface area contributed by atoms with Crippen LogP contribution in [0.1, 0.15) is 16.8 Å². The predicted octanol–water partition coefficient (Wildman–Crippen LogP) is 3.89. The van der Waals surface area contributed by atoms with Crippen LogP contribution in [-0.2, 0) is 0 Å². The number of nitrogens with zero attached hydrogens (tertiary/aromatic N) is 1. The van der Waals surface area contributed by atoms with Crippen LogP contribution in [0.3, 0.4) is 0 Å². The molecule has 20 heavy (non-hydrogen) atoms. The monoisotopic (exact) mass is 401 g/mol. The fraction of sp³-hybridized carbons (Fsp3) is 0.267. The molecule has 0 aliphatic heterocycles. The maximum atomic E-state index is 12.1. The SMILES string of the molecule is CN(CCCOc1ccccc1)C(=O)c1csc(I)c1. The number of benzene rings is 1. The van der Waals surface area contributed by atoms with Crippen molar-refractivity contribution >= 4 is 39.8 Å². The highest BCUT2D eigenvalue weighted by atomic mass is 127. The van der Waals surface area contributed by atoms with Gasteiger partial charge in [0.1, 0.15) is 5.75 Å². The number of amides is 1. The Kier molecular flexibility index (Phi) is 5.85. The highest BCUT2D eigenvalue weighted by Crippen LogP contribution is 2.17. The lowest BCUT2D eigenvalue weighted by atomic mass is 10.3. The van der Waals surface area contributed by atoms with E-state index in [0.29, 0.717) is 13.2 Å². The largest absolute Gasteiger partial charge is 0.494 e. The summed E-state index contributed by atoms with van der Waals surface area (Å²) in [5.41, 5.74) is 0.769. The van der Waals surface area contributed by atoms with E-state index in [1.165, 1.54) is 0 Å². The first-order valence-electron chi connectivity index (χ1n) is 6.34. The molecule has 0 atom stereocenters. The molecule has 2 rings (SSSR count). The van der Waals surface area contributed by atoms with Crippen LogP contribution in [0.2, 0.25) is 0 Å². The molecule has 1 heterocycles. The molecule has 1 aromatic heterocycles. The van der Waals surface area contributed by atoms with E-state index in [9.17, 15) is 4.79 Å². The second kappa shape index (κ2) is 7.64. The molecule has 0 unspecified atom stereocenters. The third-order valence-corrected chi connectivity index (χ3v) is 4.60. The minimum atomic E-state index is 0.0730. The van der Waals surface area contributed by atoms with Crippen LogP contribution in [-0.4, -0.2) is 31.0 Å². The number of carbonyl (C=O) groups is 1. The molecule has 0 aliphatic carbocycles. The lowest BCUT2D eigenvalue weighted by Crippen LogP contribution is -2.28. The first kappa shape index (κ1) is 15.3. The van der Waals surface area contributed by atoms with E-state index >= 15 is 0 Å². The van der Waals surface area contributed by atoms with E-state index in [-0.39, 0.29) is 5.91 Å². The number of halogens is 1. The highest BCUT2D eigenvalue weighted by molar-refractivity contribution is 14.1. The van der Waals surface area contributed by atoms with Gasteiger partial charge in [-0.15, -0.1) is 11.3 Å². The maximum absolute atomic E-state index is 12.1. The van der Waals surface area contributed by atoms with Crippen LogP contribution in [0, 0.1) is 2.88 Å². The molecule has 0 spiro atoms. The molecule has 0 bridgehead atoms. The summed E-state index contributed by atoms with van der Waals surface area (Å²) in [6.45, 7) is 1.31. The Morgan fingerprint density at radius 1 is 1.35 bits per heavy atom. The van der Waals surface area contributed by atoms with E-state index < -0.39 is 0 Å². The lowest BCUT2D eigenvalue weighted by molar-refractivity contribution is 0.0788. The van der Waals surface area contributed by atoms with E-state index in [4.69, 9.17) is 4.74 Å². The minimum Gasteiger partial charge on any atom is -0.494 e. The Hall–Kier alpha value is -1.08. The Bertz CT molecular complexity index is 556. The molecule has 2 aromatic rings. The number of rotatable bonds is 6. The second-order valence-corrected chi connectivity index (χ2v) is 7.19. The molecule has 5 heteroatoms. The van der Waals surface area contributed by atoms with Gasteiger partial charge in [0, 0.05) is 19.0 Å². The van der Waals surface area contributed by atoms with Crippen LogP contribution >= 0.6 is 33.9 Å². The quantitative estimate of drug-likeness (QED) is 0.543. The number of hydrogen-bond donors (Lipinski definition) is 0. The van der Waals surface area contributed by atoms with Gasteiger partial charge in [0.15, 0.2) is 0 Å². The van der Waals surface area contributed by atoms with Gasteiger partial charge in [0.2, 0.25) is 0 Å². The van der Waals surface area contributed by atoms with Crippen molar-refractivity contribution in [2.75, 3.05) is 20.2 Å². The molecule has 0 saturated carbocycles. The highest BCUT2D eigenvalue weighted by Gasteiger charge is 2.12. The van der Waals surface area contributed by atoms with Crippen LogP contribution in [0.5, 0.6) is 5.75 Å². The zero-order valence-corrected chi connectivity index (χ0v) is 14.2. The Morgan fingerprint density at radius 3 is 2.75 bits per heavy atom. The first-order chi connectivity index (χ1) is 9.66. The van der Waals surface area contributed by atoms with Crippen molar-refractivity contribution in [3.63, 3.8) is 0 Å². The third kappa shape index (κ3) is 4.49. The van der Waals surface area contributed by atoms with Gasteiger partial charge >= 0.3 is 0 Å². The topological polar surface area (TPSA) is 29.5 Å². The average Bonchev–Trinajstić information content (AvgIpc) is 2.90. The number of thiophene rings is 1. The Labute approximate surface area is 136 Å². The summed E-state index contributed by atoms with van der Waals surface area (Å²) in [6, 6.07) is 11.6. The van der Waals surface area contributed by atoms with Crippen LogP contribution in [0.15, 0.2) is 41.8 Å². The average molecular weight is 401 g/mol. The maximum Gasteiger partial charge on any atom is 0.254 e. The smallest absolute Gasteiger partial charge is 0.254 e. The summed E-state index contributed by atoms with van der Waals surface area (Å²) in [7, 11) is 1.83. The van der Waals surface area contributed by atoms with Crippen LogP contribution < -0.4 is 4.74 Å². The number of hydrogen-bond acceptors (Lipinski definition) is 3. The lowest BCUT2D eigenvalue weighted by Gasteiger charge is -2.16. The van der Waals surface area contributed by atoms with E-state index in [1.54, 1.807) is 16.2 Å². The number of carbonyl (C=O) groups excluding carboxylic acids is 1. The predicted molar refractivity (Wildman–Crippen MR) is 90.6 cm³/mol. The standard InChI is InChI=1S/C15H16INO2S/c1-17(15(18)12-10-14(16)20-11-12)8-5-9-19-13-6-3-2-4-7-13/h2-4,6-7,10-11H,5,8-9H2,1H3. The number of ether oxygens (including phenoxy) is 1. The normalized spacial score (nSPS) is 10.3. The van der Waals surface area contributed by atoms with Gasteiger partial charge < -0.3 is 9.64 Å². The summed E-state index contributed by atoms with van der Waals surface area (Å²) < 4.78 is 6.74. The fourth-order valence-electron chi connectivity index (χ4n) is 1.75. The third-order valence-electron chi connectivity index (χ3n) is 2.81.